The number of allylic oxidation sites excluding steroid dienone is 2. The molecule has 0 amide bonds. The Kier molecular flexibility index (Phi) is 6.98. The highest BCUT2D eigenvalue weighted by atomic mass is 19.2. The zero-order valence-electron chi connectivity index (χ0n) is 16.9. The second-order valence-electron chi connectivity index (χ2n) is 7.73. The van der Waals surface area contributed by atoms with E-state index in [0.29, 0.717) is 24.0 Å². The Morgan fingerprint density at radius 2 is 1.50 bits per heavy atom. The molecule has 0 unspecified atom stereocenters. The summed E-state index contributed by atoms with van der Waals surface area (Å²) in [5.74, 6) is -2.25. The fourth-order valence-electron chi connectivity index (χ4n) is 4.04. The zero-order chi connectivity index (χ0) is 20.1. The molecule has 0 bridgehead atoms. The van der Waals surface area contributed by atoms with Gasteiger partial charge in [0.15, 0.2) is 11.6 Å². The van der Waals surface area contributed by atoms with Gasteiger partial charge >= 0.3 is 0 Å². The SMILES string of the molecule is CCCCCCCC1=CCc2c(ccc(-c3ccc(CC)c(F)c3F)c2F)C1. The van der Waals surface area contributed by atoms with Gasteiger partial charge in [0, 0.05) is 11.1 Å². The maximum absolute atomic E-state index is 15.1. The Balaban J connectivity index is 1.78. The minimum absolute atomic E-state index is 0.000649. The molecule has 1 aliphatic carbocycles. The Labute approximate surface area is 166 Å². The summed E-state index contributed by atoms with van der Waals surface area (Å²) < 4.78 is 43.8. The maximum atomic E-state index is 15.1. The first-order valence-corrected chi connectivity index (χ1v) is 10.5. The summed E-state index contributed by atoms with van der Waals surface area (Å²) in [5, 5.41) is 0. The fraction of sp³-hybridized carbons (Fsp3) is 0.440. The maximum Gasteiger partial charge on any atom is 0.167 e. The van der Waals surface area contributed by atoms with E-state index in [9.17, 15) is 8.78 Å². The van der Waals surface area contributed by atoms with E-state index in [0.717, 1.165) is 18.4 Å². The average molecular weight is 387 g/mol. The molecule has 2 aromatic rings. The molecule has 150 valence electrons. The summed E-state index contributed by atoms with van der Waals surface area (Å²) in [6, 6.07) is 6.51. The summed E-state index contributed by atoms with van der Waals surface area (Å²) in [4.78, 5) is 0. The Bertz CT molecular complexity index is 865. The van der Waals surface area contributed by atoms with E-state index >= 15 is 4.39 Å². The molecule has 0 nitrogen and oxygen atoms in total. The summed E-state index contributed by atoms with van der Waals surface area (Å²) in [6.07, 6.45) is 11.1. The molecular formula is C25H29F3. The molecule has 0 aromatic heterocycles. The lowest BCUT2D eigenvalue weighted by Crippen LogP contribution is -2.08. The van der Waals surface area contributed by atoms with Crippen LogP contribution < -0.4 is 0 Å². The number of fused-ring (bicyclic) bond motifs is 1. The van der Waals surface area contributed by atoms with Crippen LogP contribution in [0, 0.1) is 17.5 Å². The summed E-state index contributed by atoms with van der Waals surface area (Å²) in [6.45, 7) is 3.98. The Morgan fingerprint density at radius 3 is 2.25 bits per heavy atom. The third-order valence-corrected chi connectivity index (χ3v) is 5.79. The Morgan fingerprint density at radius 1 is 0.786 bits per heavy atom. The van der Waals surface area contributed by atoms with Gasteiger partial charge in [-0.25, -0.2) is 13.2 Å². The lowest BCUT2D eigenvalue weighted by atomic mass is 9.86. The predicted molar refractivity (Wildman–Crippen MR) is 110 cm³/mol. The lowest BCUT2D eigenvalue weighted by molar-refractivity contribution is 0.501. The molecule has 1 aliphatic rings. The fourth-order valence-corrected chi connectivity index (χ4v) is 4.04. The van der Waals surface area contributed by atoms with E-state index in [1.807, 2.05) is 6.07 Å². The minimum atomic E-state index is -0.961. The van der Waals surface area contributed by atoms with E-state index in [-0.39, 0.29) is 11.1 Å². The van der Waals surface area contributed by atoms with Crippen molar-refractivity contribution in [2.45, 2.75) is 71.6 Å². The second-order valence-corrected chi connectivity index (χ2v) is 7.73. The molecule has 0 atom stereocenters. The van der Waals surface area contributed by atoms with Crippen molar-refractivity contribution in [1.82, 2.24) is 0 Å². The van der Waals surface area contributed by atoms with Crippen LogP contribution in [0.2, 0.25) is 0 Å². The van der Waals surface area contributed by atoms with Crippen LogP contribution in [-0.2, 0) is 19.3 Å². The smallest absolute Gasteiger partial charge is 0.167 e. The predicted octanol–water partition coefficient (Wildman–Crippen LogP) is 7.72. The number of halogens is 3. The monoisotopic (exact) mass is 386 g/mol. The van der Waals surface area contributed by atoms with Crippen molar-refractivity contribution in [2.24, 2.45) is 0 Å². The van der Waals surface area contributed by atoms with Gasteiger partial charge in [-0.15, -0.1) is 0 Å². The number of unbranched alkanes of at least 4 members (excludes halogenated alkanes) is 4. The van der Waals surface area contributed by atoms with Crippen LogP contribution in [-0.4, -0.2) is 0 Å². The van der Waals surface area contributed by atoms with Gasteiger partial charge in [-0.3, -0.25) is 0 Å². The van der Waals surface area contributed by atoms with Gasteiger partial charge in [0.05, 0.1) is 0 Å². The van der Waals surface area contributed by atoms with Crippen molar-refractivity contribution in [2.75, 3.05) is 0 Å². The lowest BCUT2D eigenvalue weighted by Gasteiger charge is -2.20. The number of hydrogen-bond donors (Lipinski definition) is 0. The van der Waals surface area contributed by atoms with E-state index in [2.05, 4.69) is 13.0 Å². The van der Waals surface area contributed by atoms with Crippen LogP contribution in [0.5, 0.6) is 0 Å². The Hall–Kier alpha value is -2.03. The van der Waals surface area contributed by atoms with Crippen molar-refractivity contribution >= 4 is 0 Å². The van der Waals surface area contributed by atoms with E-state index in [1.165, 1.54) is 43.7 Å². The van der Waals surface area contributed by atoms with Crippen molar-refractivity contribution in [3.63, 3.8) is 0 Å². The molecule has 3 rings (SSSR count). The summed E-state index contributed by atoms with van der Waals surface area (Å²) in [7, 11) is 0. The quantitative estimate of drug-likeness (QED) is 0.322. The highest BCUT2D eigenvalue weighted by Gasteiger charge is 2.21. The molecule has 28 heavy (non-hydrogen) atoms. The van der Waals surface area contributed by atoms with E-state index < -0.39 is 17.5 Å². The molecule has 3 heteroatoms. The van der Waals surface area contributed by atoms with Crippen molar-refractivity contribution in [3.05, 3.63) is 70.1 Å². The van der Waals surface area contributed by atoms with Crippen molar-refractivity contribution in [1.29, 1.82) is 0 Å². The largest absolute Gasteiger partial charge is 0.206 e. The first-order chi connectivity index (χ1) is 13.6. The molecule has 0 spiro atoms. The van der Waals surface area contributed by atoms with Gasteiger partial charge in [0.25, 0.3) is 0 Å². The van der Waals surface area contributed by atoms with E-state index in [4.69, 9.17) is 0 Å². The second kappa shape index (κ2) is 9.45. The van der Waals surface area contributed by atoms with Crippen LogP contribution in [0.25, 0.3) is 11.1 Å². The van der Waals surface area contributed by atoms with Crippen molar-refractivity contribution < 1.29 is 13.2 Å². The zero-order valence-corrected chi connectivity index (χ0v) is 16.9. The van der Waals surface area contributed by atoms with Gasteiger partial charge in [-0.2, -0.15) is 0 Å². The van der Waals surface area contributed by atoms with E-state index in [1.54, 1.807) is 19.1 Å². The molecule has 0 N–H and O–H groups in total. The topological polar surface area (TPSA) is 0 Å². The first-order valence-electron chi connectivity index (χ1n) is 10.5. The molecule has 0 saturated carbocycles. The molecule has 0 saturated heterocycles. The van der Waals surface area contributed by atoms with Gasteiger partial charge in [0.1, 0.15) is 5.82 Å². The number of rotatable bonds is 8. The van der Waals surface area contributed by atoms with Crippen LogP contribution in [0.15, 0.2) is 35.9 Å². The average Bonchev–Trinajstić information content (AvgIpc) is 2.70. The van der Waals surface area contributed by atoms with Gasteiger partial charge < -0.3 is 0 Å². The number of benzene rings is 2. The van der Waals surface area contributed by atoms with Crippen LogP contribution >= 0.6 is 0 Å². The molecule has 0 heterocycles. The summed E-state index contributed by atoms with van der Waals surface area (Å²) >= 11 is 0. The highest BCUT2D eigenvalue weighted by molar-refractivity contribution is 5.67. The van der Waals surface area contributed by atoms with Crippen LogP contribution in [0.3, 0.4) is 0 Å². The van der Waals surface area contributed by atoms with Gasteiger partial charge in [-0.05, 0) is 48.8 Å². The summed E-state index contributed by atoms with van der Waals surface area (Å²) in [5.41, 5.74) is 3.41. The molecular weight excluding hydrogens is 357 g/mol. The van der Waals surface area contributed by atoms with Gasteiger partial charge in [0.2, 0.25) is 0 Å². The van der Waals surface area contributed by atoms with Crippen LogP contribution in [0.1, 0.15) is 69.1 Å². The number of hydrogen-bond acceptors (Lipinski definition) is 0. The first kappa shape index (κ1) is 20.7. The highest BCUT2D eigenvalue weighted by Crippen LogP contribution is 2.34. The molecule has 0 radical (unpaired) electrons. The molecule has 0 aliphatic heterocycles. The standard InChI is InChI=1S/C25H29F3/c1-3-5-6-7-8-9-17-10-13-20-19(16-17)12-15-21(24(20)27)22-14-11-18(4-2)23(26)25(22)28/h10-12,14-15H,3-9,13,16H2,1-2H3. The molecule has 0 fully saturated rings. The third kappa shape index (κ3) is 4.34. The number of aryl methyl sites for hydroxylation is 1. The molecule has 2 aromatic carbocycles. The minimum Gasteiger partial charge on any atom is -0.206 e. The van der Waals surface area contributed by atoms with Gasteiger partial charge in [-0.1, -0.05) is 75.4 Å². The van der Waals surface area contributed by atoms with Crippen LogP contribution in [0.4, 0.5) is 13.2 Å². The normalized spacial score (nSPS) is 13.4. The van der Waals surface area contributed by atoms with Crippen molar-refractivity contribution in [3.8, 4) is 11.1 Å². The third-order valence-electron chi connectivity index (χ3n) is 5.79.